The highest BCUT2D eigenvalue weighted by atomic mass is 35.5. The van der Waals surface area contributed by atoms with E-state index in [4.69, 9.17) is 27.9 Å². The van der Waals surface area contributed by atoms with E-state index in [0.717, 1.165) is 0 Å². The summed E-state index contributed by atoms with van der Waals surface area (Å²) in [4.78, 5) is 8.59. The number of benzene rings is 2. The molecule has 3 N–H and O–H groups in total. The van der Waals surface area contributed by atoms with Crippen molar-refractivity contribution in [2.24, 2.45) is 0 Å². The molecule has 1 aliphatic rings. The highest BCUT2D eigenvalue weighted by molar-refractivity contribution is 7.92. The van der Waals surface area contributed by atoms with Crippen LogP contribution in [0.5, 0.6) is 5.88 Å². The summed E-state index contributed by atoms with van der Waals surface area (Å²) in [6, 6.07) is 10.3. The van der Waals surface area contributed by atoms with E-state index in [1.54, 1.807) is 12.1 Å². The second-order valence-corrected chi connectivity index (χ2v) is 10.6. The van der Waals surface area contributed by atoms with Gasteiger partial charge in [-0.3, -0.25) is 9.82 Å². The lowest BCUT2D eigenvalue weighted by Crippen LogP contribution is -2.52. The number of hydrogen-bond donors (Lipinski definition) is 3. The zero-order chi connectivity index (χ0) is 25.5. The van der Waals surface area contributed by atoms with Crippen LogP contribution in [0.15, 0.2) is 53.6 Å². The monoisotopic (exact) mass is 554 g/mol. The Labute approximate surface area is 214 Å². The number of piperidine rings is 1. The lowest BCUT2D eigenvalue weighted by atomic mass is 10.1. The van der Waals surface area contributed by atoms with E-state index < -0.39 is 28.6 Å². The molecule has 3 heterocycles. The predicted octanol–water partition coefficient (Wildman–Crippen LogP) is 4.50. The van der Waals surface area contributed by atoms with Gasteiger partial charge in [-0.05, 0) is 49.0 Å². The van der Waals surface area contributed by atoms with Gasteiger partial charge >= 0.3 is 0 Å². The Morgan fingerprint density at radius 2 is 1.89 bits per heavy atom. The molecule has 0 saturated carbocycles. The molecule has 0 spiro atoms. The Bertz CT molecular complexity index is 1530. The summed E-state index contributed by atoms with van der Waals surface area (Å²) in [5, 5.41) is 9.89. The van der Waals surface area contributed by atoms with Crippen LogP contribution in [-0.2, 0) is 10.0 Å². The number of nitrogens with one attached hydrogen (secondary N) is 3. The van der Waals surface area contributed by atoms with E-state index in [2.05, 4.69) is 30.2 Å². The summed E-state index contributed by atoms with van der Waals surface area (Å²) < 4.78 is 62.3. The molecule has 1 unspecified atom stereocenters. The molecule has 2 aromatic carbocycles. The molecule has 4 aromatic rings. The third-order valence-electron chi connectivity index (χ3n) is 5.52. The maximum absolute atomic E-state index is 14.3. The van der Waals surface area contributed by atoms with Crippen molar-refractivity contribution < 1.29 is 21.9 Å². The summed E-state index contributed by atoms with van der Waals surface area (Å²) in [5.74, 6) is -2.90. The third-order valence-corrected chi connectivity index (χ3v) is 7.62. The summed E-state index contributed by atoms with van der Waals surface area (Å²) in [5.41, 5.74) is 1.06. The van der Waals surface area contributed by atoms with E-state index in [1.807, 2.05) is 0 Å². The predicted molar refractivity (Wildman–Crippen MR) is 131 cm³/mol. The first-order chi connectivity index (χ1) is 17.1. The summed E-state index contributed by atoms with van der Waals surface area (Å²) in [6.45, 7) is -0.0909. The number of alkyl halides is 2. The molecule has 9 nitrogen and oxygen atoms in total. The first-order valence-electron chi connectivity index (χ1n) is 10.7. The van der Waals surface area contributed by atoms with E-state index >= 15 is 0 Å². The number of rotatable bonds is 6. The Morgan fingerprint density at radius 1 is 1.11 bits per heavy atom. The third kappa shape index (κ3) is 4.94. The van der Waals surface area contributed by atoms with Gasteiger partial charge < -0.3 is 10.1 Å². The smallest absolute Gasteiger partial charge is 0.296 e. The van der Waals surface area contributed by atoms with E-state index in [9.17, 15) is 17.2 Å². The molecule has 1 atom stereocenters. The summed E-state index contributed by atoms with van der Waals surface area (Å²) in [7, 11) is -4.01. The molecule has 14 heteroatoms. The second-order valence-electron chi connectivity index (χ2n) is 8.08. The van der Waals surface area contributed by atoms with Crippen LogP contribution in [0.25, 0.3) is 22.4 Å². The van der Waals surface area contributed by atoms with E-state index in [0.29, 0.717) is 23.1 Å². The average Bonchev–Trinajstić information content (AvgIpc) is 3.31. The first kappa shape index (κ1) is 24.6. The normalized spacial score (nSPS) is 17.7. The molecule has 36 heavy (non-hydrogen) atoms. The maximum atomic E-state index is 14.3. The van der Waals surface area contributed by atoms with Crippen molar-refractivity contribution in [3.63, 3.8) is 0 Å². The van der Waals surface area contributed by atoms with Crippen molar-refractivity contribution in [2.45, 2.75) is 23.3 Å². The van der Waals surface area contributed by atoms with Crippen LogP contribution >= 0.6 is 23.2 Å². The number of ether oxygens (including phenoxy) is 1. The van der Waals surface area contributed by atoms with Crippen LogP contribution in [0.2, 0.25) is 10.0 Å². The minimum absolute atomic E-state index is 0.0179. The SMILES string of the molecule is O=S(=O)(Nc1ccc(-c2nc(OC3CCNCC3(F)F)c3cn[nH]c3n2)cc1)c1cc(Cl)ccc1Cl. The van der Waals surface area contributed by atoms with Crippen molar-refractivity contribution in [2.75, 3.05) is 17.8 Å². The van der Waals surface area contributed by atoms with Crippen LogP contribution in [0, 0.1) is 0 Å². The highest BCUT2D eigenvalue weighted by Gasteiger charge is 2.44. The highest BCUT2D eigenvalue weighted by Crippen LogP contribution is 2.32. The molecule has 1 saturated heterocycles. The molecule has 0 radical (unpaired) electrons. The zero-order valence-corrected chi connectivity index (χ0v) is 20.6. The van der Waals surface area contributed by atoms with Gasteiger partial charge in [0.25, 0.3) is 15.9 Å². The average molecular weight is 555 g/mol. The van der Waals surface area contributed by atoms with Gasteiger partial charge in [-0.15, -0.1) is 0 Å². The van der Waals surface area contributed by atoms with Crippen LogP contribution in [0.1, 0.15) is 6.42 Å². The Kier molecular flexibility index (Phi) is 6.45. The summed E-state index contributed by atoms with van der Waals surface area (Å²) >= 11 is 11.9. The van der Waals surface area contributed by atoms with Crippen LogP contribution in [-0.4, -0.2) is 53.7 Å². The molecule has 188 valence electrons. The molecule has 0 amide bonds. The number of hydrogen-bond acceptors (Lipinski definition) is 7. The summed E-state index contributed by atoms with van der Waals surface area (Å²) in [6.07, 6.45) is 0.165. The Morgan fingerprint density at radius 3 is 2.64 bits per heavy atom. The van der Waals surface area contributed by atoms with E-state index in [-0.39, 0.29) is 38.8 Å². The number of halogens is 4. The molecule has 1 fully saturated rings. The minimum atomic E-state index is -4.01. The van der Waals surface area contributed by atoms with Gasteiger partial charge in [0.1, 0.15) is 10.3 Å². The van der Waals surface area contributed by atoms with Crippen molar-refractivity contribution >= 4 is 49.9 Å². The van der Waals surface area contributed by atoms with Gasteiger partial charge in [-0.25, -0.2) is 22.2 Å². The number of fused-ring (bicyclic) bond motifs is 1. The Hall–Kier alpha value is -3.06. The van der Waals surface area contributed by atoms with Gasteiger partial charge in [0.2, 0.25) is 5.88 Å². The second kappa shape index (κ2) is 9.43. The van der Waals surface area contributed by atoms with Crippen LogP contribution in [0.3, 0.4) is 0 Å². The lowest BCUT2D eigenvalue weighted by Gasteiger charge is -2.31. The largest absolute Gasteiger partial charge is 0.467 e. The van der Waals surface area contributed by atoms with Crippen molar-refractivity contribution in [3.8, 4) is 17.3 Å². The molecule has 0 bridgehead atoms. The Balaban J connectivity index is 1.42. The van der Waals surface area contributed by atoms with Crippen molar-refractivity contribution in [3.05, 3.63) is 58.7 Å². The number of H-pyrrole nitrogens is 1. The molecular weight excluding hydrogens is 537 g/mol. The molecule has 0 aliphatic carbocycles. The lowest BCUT2D eigenvalue weighted by molar-refractivity contribution is -0.109. The number of nitrogens with zero attached hydrogens (tertiary/aromatic N) is 3. The van der Waals surface area contributed by atoms with Crippen molar-refractivity contribution in [1.29, 1.82) is 0 Å². The van der Waals surface area contributed by atoms with Gasteiger partial charge in [0.15, 0.2) is 17.6 Å². The zero-order valence-electron chi connectivity index (χ0n) is 18.3. The quantitative estimate of drug-likeness (QED) is 0.320. The standard InChI is InChI=1S/C22H18Cl2F2N6O3S/c23-13-3-6-16(24)17(9-13)36(33,34)32-14-4-1-12(2-5-14)19-29-20-15(10-28-31-20)21(30-19)35-18-7-8-27-11-22(18,25)26/h1-6,9-10,18,27,32H,7-8,11H2,(H,28,29,30,31). The molecule has 5 rings (SSSR count). The van der Waals surface area contributed by atoms with Crippen LogP contribution in [0.4, 0.5) is 14.5 Å². The fraction of sp³-hybridized carbons (Fsp3) is 0.227. The topological polar surface area (TPSA) is 122 Å². The van der Waals surface area contributed by atoms with Gasteiger partial charge in [0.05, 0.1) is 17.8 Å². The molecule has 2 aromatic heterocycles. The molecule has 1 aliphatic heterocycles. The number of aromatic amines is 1. The van der Waals surface area contributed by atoms with Gasteiger partial charge in [-0.2, -0.15) is 10.1 Å². The molecular formula is C22H18Cl2F2N6O3S. The fourth-order valence-corrected chi connectivity index (χ4v) is 5.52. The fourth-order valence-electron chi connectivity index (χ4n) is 3.70. The van der Waals surface area contributed by atoms with Gasteiger partial charge in [0, 0.05) is 22.7 Å². The number of sulfonamides is 1. The minimum Gasteiger partial charge on any atom is -0.467 e. The van der Waals surface area contributed by atoms with Crippen LogP contribution < -0.4 is 14.8 Å². The number of aromatic nitrogens is 4. The van der Waals surface area contributed by atoms with Gasteiger partial charge in [-0.1, -0.05) is 23.2 Å². The maximum Gasteiger partial charge on any atom is 0.296 e. The first-order valence-corrected chi connectivity index (χ1v) is 12.9. The number of anilines is 1. The van der Waals surface area contributed by atoms with E-state index in [1.165, 1.54) is 36.5 Å². The van der Waals surface area contributed by atoms with Crippen molar-refractivity contribution in [1.82, 2.24) is 25.5 Å².